The zero-order valence-electron chi connectivity index (χ0n) is 9.05. The lowest BCUT2D eigenvalue weighted by Crippen LogP contribution is -1.83. The van der Waals surface area contributed by atoms with Crippen LogP contribution < -0.4 is 0 Å². The summed E-state index contributed by atoms with van der Waals surface area (Å²) < 4.78 is 14.0. The van der Waals surface area contributed by atoms with Crippen LogP contribution in [0.2, 0.25) is 5.02 Å². The second kappa shape index (κ2) is 4.37. The summed E-state index contributed by atoms with van der Waals surface area (Å²) in [5.74, 6) is 0.310. The molecule has 0 aliphatic heterocycles. The highest BCUT2D eigenvalue weighted by atomic mass is 79.9. The zero-order valence-corrected chi connectivity index (χ0v) is 11.4. The van der Waals surface area contributed by atoms with Gasteiger partial charge in [0.05, 0.1) is 11.0 Å². The lowest BCUT2D eigenvalue weighted by molar-refractivity contribution is 0.627. The molecule has 0 saturated heterocycles. The summed E-state index contributed by atoms with van der Waals surface area (Å²) >= 11 is 9.17. The van der Waals surface area contributed by atoms with Gasteiger partial charge in [-0.25, -0.2) is 9.37 Å². The maximum absolute atomic E-state index is 13.3. The van der Waals surface area contributed by atoms with Crippen LogP contribution in [0.1, 0.15) is 0 Å². The van der Waals surface area contributed by atoms with Gasteiger partial charge in [0, 0.05) is 15.1 Å². The second-order valence-corrected chi connectivity index (χ2v) is 5.26. The number of rotatable bonds is 1. The summed E-state index contributed by atoms with van der Waals surface area (Å²) in [7, 11) is 0. The van der Waals surface area contributed by atoms with Gasteiger partial charge in [-0.2, -0.15) is 0 Å². The fourth-order valence-electron chi connectivity index (χ4n) is 1.81. The number of aromatic amines is 1. The smallest absolute Gasteiger partial charge is 0.138 e. The average molecular weight is 326 g/mol. The number of H-pyrrole nitrogens is 1. The molecular formula is C13H7BrClFN2. The number of hydrogen-bond donors (Lipinski definition) is 1. The van der Waals surface area contributed by atoms with Gasteiger partial charge in [-0.3, -0.25) is 0 Å². The number of nitrogens with one attached hydrogen (secondary N) is 1. The lowest BCUT2D eigenvalue weighted by Gasteiger charge is -1.98. The molecule has 1 aromatic heterocycles. The van der Waals surface area contributed by atoms with Crippen molar-refractivity contribution in [2.75, 3.05) is 0 Å². The Morgan fingerprint density at radius 1 is 1.17 bits per heavy atom. The van der Waals surface area contributed by atoms with Crippen LogP contribution in [-0.4, -0.2) is 9.97 Å². The first kappa shape index (κ1) is 11.7. The Kier molecular flexibility index (Phi) is 2.84. The monoisotopic (exact) mass is 324 g/mol. The Morgan fingerprint density at radius 3 is 2.78 bits per heavy atom. The van der Waals surface area contributed by atoms with E-state index in [1.54, 1.807) is 12.1 Å². The van der Waals surface area contributed by atoms with E-state index >= 15 is 0 Å². The molecule has 0 amide bonds. The summed E-state index contributed by atoms with van der Waals surface area (Å²) in [6.45, 7) is 0. The minimum absolute atomic E-state index is 0.308. The molecule has 0 aliphatic carbocycles. The van der Waals surface area contributed by atoms with Crippen molar-refractivity contribution in [3.8, 4) is 11.4 Å². The first-order valence-corrected chi connectivity index (χ1v) is 6.41. The summed E-state index contributed by atoms with van der Waals surface area (Å²) in [5, 5.41) is 0.637. The summed E-state index contributed by atoms with van der Waals surface area (Å²) in [6.07, 6.45) is 0. The van der Waals surface area contributed by atoms with Gasteiger partial charge in [0.25, 0.3) is 0 Å². The molecule has 0 radical (unpaired) electrons. The highest BCUT2D eigenvalue weighted by Crippen LogP contribution is 2.25. The van der Waals surface area contributed by atoms with E-state index in [-0.39, 0.29) is 5.82 Å². The van der Waals surface area contributed by atoms with Crippen molar-refractivity contribution in [2.24, 2.45) is 0 Å². The van der Waals surface area contributed by atoms with Crippen molar-refractivity contribution in [1.29, 1.82) is 0 Å². The van der Waals surface area contributed by atoms with Gasteiger partial charge in [-0.15, -0.1) is 0 Å². The predicted octanol–water partition coefficient (Wildman–Crippen LogP) is 4.78. The minimum atomic E-state index is -0.308. The summed E-state index contributed by atoms with van der Waals surface area (Å²) in [5.41, 5.74) is 2.32. The Bertz CT molecular complexity index is 719. The normalized spacial score (nSPS) is 11.1. The molecule has 2 nitrogen and oxygen atoms in total. The molecular weight excluding hydrogens is 319 g/mol. The van der Waals surface area contributed by atoms with Crippen LogP contribution in [0.3, 0.4) is 0 Å². The number of nitrogens with zero attached hydrogens (tertiary/aromatic N) is 1. The van der Waals surface area contributed by atoms with Gasteiger partial charge in [0.15, 0.2) is 0 Å². The molecule has 0 unspecified atom stereocenters. The third-order valence-electron chi connectivity index (χ3n) is 2.58. The third-order valence-corrected chi connectivity index (χ3v) is 3.27. The predicted molar refractivity (Wildman–Crippen MR) is 74.2 cm³/mol. The fraction of sp³-hybridized carbons (Fsp3) is 0. The molecule has 5 heteroatoms. The summed E-state index contributed by atoms with van der Waals surface area (Å²) in [4.78, 5) is 7.53. The van der Waals surface area contributed by atoms with Crippen LogP contribution in [0.5, 0.6) is 0 Å². The molecule has 0 aliphatic rings. The van der Waals surface area contributed by atoms with Crippen molar-refractivity contribution in [3.63, 3.8) is 0 Å². The van der Waals surface area contributed by atoms with Crippen molar-refractivity contribution in [3.05, 3.63) is 51.7 Å². The van der Waals surface area contributed by atoms with E-state index in [0.717, 1.165) is 11.0 Å². The Hall–Kier alpha value is -1.39. The Labute approximate surface area is 116 Å². The van der Waals surface area contributed by atoms with E-state index in [2.05, 4.69) is 25.9 Å². The molecule has 3 rings (SSSR count). The molecule has 1 N–H and O–H groups in total. The number of aromatic nitrogens is 2. The fourth-order valence-corrected chi connectivity index (χ4v) is 2.45. The summed E-state index contributed by atoms with van der Waals surface area (Å²) in [6, 6.07) is 10.0. The minimum Gasteiger partial charge on any atom is -0.338 e. The number of imidazole rings is 1. The Balaban J connectivity index is 2.19. The lowest BCUT2D eigenvalue weighted by atomic mass is 10.2. The molecule has 90 valence electrons. The van der Waals surface area contributed by atoms with Crippen LogP contribution in [0.25, 0.3) is 22.4 Å². The number of hydrogen-bond acceptors (Lipinski definition) is 1. The standard InChI is InChI=1S/C13H7BrClFN2/c14-8-3-7(4-10(16)5-8)13-17-11-2-1-9(15)6-12(11)18-13/h1-6H,(H,17,18). The second-order valence-electron chi connectivity index (χ2n) is 3.91. The van der Waals surface area contributed by atoms with Gasteiger partial charge >= 0.3 is 0 Å². The number of halogens is 3. The third kappa shape index (κ3) is 2.13. The van der Waals surface area contributed by atoms with Gasteiger partial charge in [0.2, 0.25) is 0 Å². The van der Waals surface area contributed by atoms with E-state index in [0.29, 0.717) is 20.9 Å². The van der Waals surface area contributed by atoms with E-state index < -0.39 is 0 Å². The van der Waals surface area contributed by atoms with E-state index in [1.165, 1.54) is 12.1 Å². The molecule has 0 bridgehead atoms. The van der Waals surface area contributed by atoms with Crippen LogP contribution >= 0.6 is 27.5 Å². The van der Waals surface area contributed by atoms with Crippen molar-refractivity contribution in [1.82, 2.24) is 9.97 Å². The van der Waals surface area contributed by atoms with Gasteiger partial charge < -0.3 is 4.98 Å². The Morgan fingerprint density at radius 2 is 2.00 bits per heavy atom. The molecule has 0 saturated carbocycles. The van der Waals surface area contributed by atoms with E-state index in [4.69, 9.17) is 11.6 Å². The largest absolute Gasteiger partial charge is 0.338 e. The van der Waals surface area contributed by atoms with Crippen molar-refractivity contribution < 1.29 is 4.39 Å². The maximum Gasteiger partial charge on any atom is 0.138 e. The number of fused-ring (bicyclic) bond motifs is 1. The molecule has 0 spiro atoms. The van der Waals surface area contributed by atoms with Crippen LogP contribution in [-0.2, 0) is 0 Å². The molecule has 0 atom stereocenters. The molecule has 1 heterocycles. The quantitative estimate of drug-likeness (QED) is 0.685. The van der Waals surface area contributed by atoms with Crippen molar-refractivity contribution in [2.45, 2.75) is 0 Å². The van der Waals surface area contributed by atoms with Crippen LogP contribution in [0, 0.1) is 5.82 Å². The highest BCUT2D eigenvalue weighted by molar-refractivity contribution is 9.10. The van der Waals surface area contributed by atoms with Crippen LogP contribution in [0.15, 0.2) is 40.9 Å². The van der Waals surface area contributed by atoms with Gasteiger partial charge in [0.1, 0.15) is 11.6 Å². The van der Waals surface area contributed by atoms with E-state index in [9.17, 15) is 4.39 Å². The van der Waals surface area contributed by atoms with Crippen molar-refractivity contribution >= 4 is 38.6 Å². The highest BCUT2D eigenvalue weighted by Gasteiger charge is 2.07. The molecule has 18 heavy (non-hydrogen) atoms. The first-order chi connectivity index (χ1) is 8.61. The molecule has 0 fully saturated rings. The topological polar surface area (TPSA) is 28.7 Å². The van der Waals surface area contributed by atoms with Gasteiger partial charge in [-0.1, -0.05) is 27.5 Å². The SMILES string of the molecule is Fc1cc(Br)cc(-c2nc3ccc(Cl)cc3[nH]2)c1. The van der Waals surface area contributed by atoms with Gasteiger partial charge in [-0.05, 0) is 36.4 Å². The van der Waals surface area contributed by atoms with E-state index in [1.807, 2.05) is 12.1 Å². The van der Waals surface area contributed by atoms with Crippen LogP contribution in [0.4, 0.5) is 4.39 Å². The molecule has 2 aromatic carbocycles. The maximum atomic E-state index is 13.3. The first-order valence-electron chi connectivity index (χ1n) is 5.23. The zero-order chi connectivity index (χ0) is 12.7. The number of benzene rings is 2. The molecule has 3 aromatic rings. The average Bonchev–Trinajstić information content (AvgIpc) is 2.70.